The van der Waals surface area contributed by atoms with E-state index in [1.807, 2.05) is 0 Å². The molecule has 108 valence electrons. The number of carbonyl (C=O) groups is 1. The topological polar surface area (TPSA) is 105 Å². The van der Waals surface area contributed by atoms with Crippen LogP contribution in [0.4, 0.5) is 5.95 Å². The second-order valence-corrected chi connectivity index (χ2v) is 4.68. The number of aromatic hydroxyl groups is 1. The maximum absolute atomic E-state index is 12.2. The fourth-order valence-electron chi connectivity index (χ4n) is 2.41. The highest BCUT2D eigenvalue weighted by Crippen LogP contribution is 2.34. The van der Waals surface area contributed by atoms with E-state index in [0.29, 0.717) is 17.2 Å². The summed E-state index contributed by atoms with van der Waals surface area (Å²) in [5.41, 5.74) is 2.03. The number of tetrazole rings is 1. The van der Waals surface area contributed by atoms with Crippen LogP contribution in [0.5, 0.6) is 5.75 Å². The molecule has 0 radical (unpaired) electrons. The summed E-state index contributed by atoms with van der Waals surface area (Å²) in [7, 11) is 1.58. The first-order valence-electron chi connectivity index (χ1n) is 6.38. The maximum Gasteiger partial charge on any atom is 0.251 e. The highest BCUT2D eigenvalue weighted by Gasteiger charge is 2.33. The number of phenolic OH excluding ortho intramolecular Hbond substituents is 1. The van der Waals surface area contributed by atoms with Crippen molar-refractivity contribution in [1.82, 2.24) is 25.5 Å². The fraction of sp³-hybridized carbons (Fsp3) is 0.231. The number of aromatic nitrogens is 4. The van der Waals surface area contributed by atoms with E-state index in [2.05, 4.69) is 26.2 Å². The number of rotatable bonds is 2. The van der Waals surface area contributed by atoms with Gasteiger partial charge < -0.3 is 15.7 Å². The summed E-state index contributed by atoms with van der Waals surface area (Å²) in [5.74, 6) is 0.421. The first-order chi connectivity index (χ1) is 10.1. The lowest BCUT2D eigenvalue weighted by atomic mass is 9.95. The van der Waals surface area contributed by atoms with Gasteiger partial charge in [-0.2, -0.15) is 4.68 Å². The zero-order valence-corrected chi connectivity index (χ0v) is 11.5. The number of carbonyl (C=O) groups excluding carboxylic acids is 1. The normalized spacial score (nSPS) is 17.1. The fourth-order valence-corrected chi connectivity index (χ4v) is 2.41. The van der Waals surface area contributed by atoms with Crippen LogP contribution >= 0.6 is 0 Å². The average Bonchev–Trinajstić information content (AvgIpc) is 2.94. The van der Waals surface area contributed by atoms with Crippen molar-refractivity contribution in [1.29, 1.82) is 0 Å². The molecule has 1 aromatic heterocycles. The summed E-state index contributed by atoms with van der Waals surface area (Å²) in [6.45, 7) is 1.80. The van der Waals surface area contributed by atoms with E-state index in [1.165, 1.54) is 0 Å². The number of hydrogen-bond acceptors (Lipinski definition) is 6. The van der Waals surface area contributed by atoms with Crippen LogP contribution in [0.2, 0.25) is 0 Å². The smallest absolute Gasteiger partial charge is 0.251 e. The summed E-state index contributed by atoms with van der Waals surface area (Å²) in [4.78, 5) is 12.2. The molecule has 3 rings (SSSR count). The number of amides is 1. The summed E-state index contributed by atoms with van der Waals surface area (Å²) in [6, 6.07) is 6.17. The van der Waals surface area contributed by atoms with Crippen molar-refractivity contribution in [2.75, 3.05) is 12.4 Å². The van der Waals surface area contributed by atoms with Gasteiger partial charge in [-0.15, -0.1) is 0 Å². The Labute approximate surface area is 120 Å². The van der Waals surface area contributed by atoms with E-state index >= 15 is 0 Å². The number of nitrogens with zero attached hydrogens (tertiary/aromatic N) is 4. The van der Waals surface area contributed by atoms with Gasteiger partial charge in [-0.3, -0.25) is 4.79 Å². The third-order valence-electron chi connectivity index (χ3n) is 3.39. The van der Waals surface area contributed by atoms with Crippen LogP contribution in [0.1, 0.15) is 18.5 Å². The third kappa shape index (κ3) is 2.10. The molecule has 21 heavy (non-hydrogen) atoms. The number of anilines is 1. The van der Waals surface area contributed by atoms with Crippen molar-refractivity contribution in [3.8, 4) is 5.75 Å². The van der Waals surface area contributed by atoms with Gasteiger partial charge in [-0.1, -0.05) is 17.2 Å². The quantitative estimate of drug-likeness (QED) is 0.738. The molecular weight excluding hydrogens is 272 g/mol. The number of benzene rings is 1. The van der Waals surface area contributed by atoms with E-state index in [0.717, 1.165) is 5.56 Å². The Kier molecular flexibility index (Phi) is 3.05. The maximum atomic E-state index is 12.2. The van der Waals surface area contributed by atoms with Crippen molar-refractivity contribution in [2.24, 2.45) is 0 Å². The lowest BCUT2D eigenvalue weighted by Crippen LogP contribution is -2.33. The van der Waals surface area contributed by atoms with Crippen LogP contribution in [0.15, 0.2) is 35.5 Å². The van der Waals surface area contributed by atoms with Gasteiger partial charge in [0.25, 0.3) is 5.91 Å². The summed E-state index contributed by atoms with van der Waals surface area (Å²) in [6.07, 6.45) is 0. The first kappa shape index (κ1) is 13.1. The van der Waals surface area contributed by atoms with E-state index < -0.39 is 6.04 Å². The molecule has 1 amide bonds. The Morgan fingerprint density at radius 2 is 2.10 bits per heavy atom. The Morgan fingerprint density at radius 3 is 2.76 bits per heavy atom. The highest BCUT2D eigenvalue weighted by atomic mass is 16.3. The van der Waals surface area contributed by atoms with Gasteiger partial charge >= 0.3 is 0 Å². The minimum absolute atomic E-state index is 0.159. The predicted molar refractivity (Wildman–Crippen MR) is 74.5 cm³/mol. The van der Waals surface area contributed by atoms with Crippen molar-refractivity contribution in [3.05, 3.63) is 41.1 Å². The van der Waals surface area contributed by atoms with Gasteiger partial charge in [0.2, 0.25) is 5.95 Å². The summed E-state index contributed by atoms with van der Waals surface area (Å²) < 4.78 is 1.55. The molecule has 0 spiro atoms. The molecule has 1 aromatic carbocycles. The van der Waals surface area contributed by atoms with Crippen LogP contribution in [-0.2, 0) is 4.79 Å². The van der Waals surface area contributed by atoms with Crippen LogP contribution in [0.25, 0.3) is 0 Å². The lowest BCUT2D eigenvalue weighted by molar-refractivity contribution is -0.117. The number of likely N-dealkylation sites (N-methyl/N-ethyl adjacent to an activating group) is 1. The molecular formula is C13H14N6O2. The minimum Gasteiger partial charge on any atom is -0.508 e. The molecule has 8 heteroatoms. The number of fused-ring (bicyclic) bond motifs is 1. The van der Waals surface area contributed by atoms with Gasteiger partial charge in [0.1, 0.15) is 11.8 Å². The van der Waals surface area contributed by atoms with Crippen LogP contribution in [0, 0.1) is 0 Å². The van der Waals surface area contributed by atoms with Gasteiger partial charge in [-0.05, 0) is 35.0 Å². The van der Waals surface area contributed by atoms with E-state index in [-0.39, 0.29) is 11.7 Å². The molecule has 0 bridgehead atoms. The summed E-state index contributed by atoms with van der Waals surface area (Å²) >= 11 is 0. The van der Waals surface area contributed by atoms with Gasteiger partial charge in [0, 0.05) is 12.7 Å². The minimum atomic E-state index is -0.447. The molecule has 1 aliphatic heterocycles. The first-order valence-corrected chi connectivity index (χ1v) is 6.38. The molecule has 1 atom stereocenters. The van der Waals surface area contributed by atoms with Gasteiger partial charge in [0.15, 0.2) is 0 Å². The molecule has 8 nitrogen and oxygen atoms in total. The second kappa shape index (κ2) is 4.89. The standard InChI is InChI=1S/C13H14N6O2/c1-7-10(12(21)14-2)11(8-3-5-9(20)6-4-8)19-13(15-7)16-17-18-19/h3-6,11,20H,1-2H3,(H,14,21)(H,15,16,18)/t11-/m1/s1. The predicted octanol–water partition coefficient (Wildman–Crippen LogP) is 0.414. The van der Waals surface area contributed by atoms with Crippen molar-refractivity contribution in [2.45, 2.75) is 13.0 Å². The molecule has 0 aliphatic carbocycles. The number of phenols is 1. The van der Waals surface area contributed by atoms with E-state index in [4.69, 9.17) is 0 Å². The average molecular weight is 286 g/mol. The van der Waals surface area contributed by atoms with E-state index in [1.54, 1.807) is 42.9 Å². The third-order valence-corrected chi connectivity index (χ3v) is 3.39. The molecule has 2 heterocycles. The van der Waals surface area contributed by atoms with Crippen molar-refractivity contribution >= 4 is 11.9 Å². The number of nitrogens with one attached hydrogen (secondary N) is 2. The largest absolute Gasteiger partial charge is 0.508 e. The molecule has 1 aliphatic rings. The van der Waals surface area contributed by atoms with Crippen LogP contribution < -0.4 is 10.6 Å². The monoisotopic (exact) mass is 286 g/mol. The van der Waals surface area contributed by atoms with Crippen molar-refractivity contribution in [3.63, 3.8) is 0 Å². The lowest BCUT2D eigenvalue weighted by Gasteiger charge is -2.27. The van der Waals surface area contributed by atoms with E-state index in [9.17, 15) is 9.90 Å². The molecule has 0 saturated heterocycles. The molecule has 0 fully saturated rings. The Balaban J connectivity index is 2.17. The SMILES string of the molecule is CNC(=O)C1=C(C)Nc2nnnn2[C@@H]1c1ccc(O)cc1. The van der Waals surface area contributed by atoms with Gasteiger partial charge in [0.05, 0.1) is 5.57 Å². The Bertz CT molecular complexity index is 719. The van der Waals surface area contributed by atoms with Crippen molar-refractivity contribution < 1.29 is 9.90 Å². The second-order valence-electron chi connectivity index (χ2n) is 4.68. The number of allylic oxidation sites excluding steroid dienone is 1. The molecule has 3 N–H and O–H groups in total. The zero-order chi connectivity index (χ0) is 15.0. The van der Waals surface area contributed by atoms with Crippen LogP contribution in [0.3, 0.4) is 0 Å². The zero-order valence-electron chi connectivity index (χ0n) is 11.5. The molecule has 2 aromatic rings. The Hall–Kier alpha value is -2.90. The van der Waals surface area contributed by atoms with Crippen LogP contribution in [-0.4, -0.2) is 38.3 Å². The summed E-state index contributed by atoms with van der Waals surface area (Å²) in [5, 5.41) is 26.6. The Morgan fingerprint density at radius 1 is 1.38 bits per heavy atom. The van der Waals surface area contributed by atoms with Gasteiger partial charge in [-0.25, -0.2) is 0 Å². The number of hydrogen-bond donors (Lipinski definition) is 3. The molecule has 0 saturated carbocycles. The highest BCUT2D eigenvalue weighted by molar-refractivity contribution is 5.96. The molecule has 0 unspecified atom stereocenters.